The van der Waals surface area contributed by atoms with Crippen LogP contribution >= 0.6 is 0 Å². The summed E-state index contributed by atoms with van der Waals surface area (Å²) >= 11 is 0. The van der Waals surface area contributed by atoms with E-state index in [1.807, 2.05) is 48.5 Å². The lowest BCUT2D eigenvalue weighted by Crippen LogP contribution is -2.34. The molecule has 0 bridgehead atoms. The highest BCUT2D eigenvalue weighted by molar-refractivity contribution is 5.72. The minimum atomic E-state index is -0.489. The zero-order valence-electron chi connectivity index (χ0n) is 24.0. The van der Waals surface area contributed by atoms with Crippen LogP contribution < -0.4 is 0 Å². The number of hydrogen-bond donors (Lipinski definition) is 0. The molecule has 0 heterocycles. The number of hydrogen-bond acceptors (Lipinski definition) is 6. The lowest BCUT2D eigenvalue weighted by Gasteiger charge is -2.35. The molecule has 1 saturated carbocycles. The molecule has 1 aliphatic rings. The molecular weight excluding hydrogens is 444 g/mol. The Hall–Kier alpha value is -1.14. The van der Waals surface area contributed by atoms with E-state index in [0.29, 0.717) is 11.8 Å². The molecule has 206 valence electrons. The molecule has 1 fully saturated rings. The van der Waals surface area contributed by atoms with E-state index in [-0.39, 0.29) is 23.8 Å². The Morgan fingerprint density at radius 1 is 0.800 bits per heavy atom. The summed E-state index contributed by atoms with van der Waals surface area (Å²) in [6.07, 6.45) is 14.4. The molecule has 0 aromatic heterocycles. The van der Waals surface area contributed by atoms with Gasteiger partial charge in [-0.05, 0) is 85.5 Å². The molecule has 0 aromatic carbocycles. The fourth-order valence-corrected chi connectivity index (χ4v) is 4.74. The van der Waals surface area contributed by atoms with Crippen LogP contribution in [-0.4, -0.2) is 23.1 Å². The monoisotopic (exact) mass is 498 g/mol. The Morgan fingerprint density at radius 3 is 2.03 bits per heavy atom. The molecule has 35 heavy (non-hydrogen) atoms. The molecule has 1 aliphatic carbocycles. The SMILES string of the molecule is CCCCCCC1CC(CCCCCC(C)C(=O)OOC(C)(C)C)CCC1C(=O)OOC(C)(C)C. The summed E-state index contributed by atoms with van der Waals surface area (Å²) in [4.78, 5) is 45.5. The smallest absolute Gasteiger partial charge is 0.298 e. The standard InChI is InChI=1S/C29H54O6/c1-9-10-11-15-18-24-21-23(19-20-25(24)27(31)33-35-29(6,7)8)17-14-12-13-16-22(2)26(30)32-34-28(3,4)5/h22-25H,9-21H2,1-8H3. The van der Waals surface area contributed by atoms with E-state index in [1.54, 1.807) is 0 Å². The van der Waals surface area contributed by atoms with Crippen molar-refractivity contribution >= 4 is 11.9 Å². The van der Waals surface area contributed by atoms with E-state index in [2.05, 4.69) is 6.92 Å². The average Bonchev–Trinajstić information content (AvgIpc) is 2.77. The van der Waals surface area contributed by atoms with Gasteiger partial charge >= 0.3 is 11.9 Å². The molecule has 6 heteroatoms. The average molecular weight is 499 g/mol. The Bertz CT molecular complexity index is 603. The van der Waals surface area contributed by atoms with E-state index in [1.165, 1.54) is 32.1 Å². The van der Waals surface area contributed by atoms with E-state index < -0.39 is 11.2 Å². The van der Waals surface area contributed by atoms with Crippen LogP contribution in [0.25, 0.3) is 0 Å². The van der Waals surface area contributed by atoms with Crippen LogP contribution in [0.1, 0.15) is 139 Å². The minimum absolute atomic E-state index is 0.0441. The second-order valence-corrected chi connectivity index (χ2v) is 12.6. The second-order valence-electron chi connectivity index (χ2n) is 12.6. The molecule has 0 N–H and O–H groups in total. The van der Waals surface area contributed by atoms with Crippen molar-refractivity contribution in [2.45, 2.75) is 150 Å². The highest BCUT2D eigenvalue weighted by Gasteiger charge is 2.36. The van der Waals surface area contributed by atoms with Gasteiger partial charge in [-0.15, -0.1) is 0 Å². The van der Waals surface area contributed by atoms with Gasteiger partial charge in [0.15, 0.2) is 0 Å². The van der Waals surface area contributed by atoms with Crippen LogP contribution in [0.3, 0.4) is 0 Å². The first kappa shape index (κ1) is 31.9. The maximum absolute atomic E-state index is 12.8. The van der Waals surface area contributed by atoms with Crippen LogP contribution in [0, 0.1) is 23.7 Å². The number of rotatable bonds is 15. The van der Waals surface area contributed by atoms with Crippen molar-refractivity contribution in [2.24, 2.45) is 23.7 Å². The van der Waals surface area contributed by atoms with Crippen LogP contribution in [0.15, 0.2) is 0 Å². The Morgan fingerprint density at radius 2 is 1.40 bits per heavy atom. The second kappa shape index (κ2) is 15.9. The summed E-state index contributed by atoms with van der Waals surface area (Å²) < 4.78 is 0. The van der Waals surface area contributed by atoms with Gasteiger partial charge in [0.05, 0.1) is 11.8 Å². The van der Waals surface area contributed by atoms with Gasteiger partial charge in [0, 0.05) is 0 Å². The third kappa shape index (κ3) is 14.9. The van der Waals surface area contributed by atoms with Gasteiger partial charge in [0.1, 0.15) is 11.2 Å². The van der Waals surface area contributed by atoms with Gasteiger partial charge in [0.25, 0.3) is 0 Å². The quantitative estimate of drug-likeness (QED) is 0.129. The van der Waals surface area contributed by atoms with Crippen molar-refractivity contribution in [1.29, 1.82) is 0 Å². The fraction of sp³-hybridized carbons (Fsp3) is 0.931. The summed E-state index contributed by atoms with van der Waals surface area (Å²) in [5, 5.41) is 0. The van der Waals surface area contributed by atoms with Crippen LogP contribution in [-0.2, 0) is 29.1 Å². The predicted octanol–water partition coefficient (Wildman–Crippen LogP) is 8.12. The molecule has 0 aromatic rings. The Labute approximate surface area is 215 Å². The molecule has 1 rings (SSSR count). The van der Waals surface area contributed by atoms with Gasteiger partial charge in [-0.1, -0.05) is 65.2 Å². The van der Waals surface area contributed by atoms with Gasteiger partial charge in [0.2, 0.25) is 0 Å². The normalized spacial score (nSPS) is 22.0. The fourth-order valence-electron chi connectivity index (χ4n) is 4.74. The number of carbonyl (C=O) groups excluding carboxylic acids is 2. The number of unbranched alkanes of at least 4 members (excludes halogenated alkanes) is 5. The van der Waals surface area contributed by atoms with Crippen LogP contribution in [0.2, 0.25) is 0 Å². The molecule has 4 atom stereocenters. The molecule has 0 aliphatic heterocycles. The van der Waals surface area contributed by atoms with Gasteiger partial charge in [-0.25, -0.2) is 9.59 Å². The van der Waals surface area contributed by atoms with Crippen LogP contribution in [0.5, 0.6) is 0 Å². The molecule has 0 radical (unpaired) electrons. The van der Waals surface area contributed by atoms with E-state index >= 15 is 0 Å². The van der Waals surface area contributed by atoms with Gasteiger partial charge in [-0.2, -0.15) is 9.78 Å². The predicted molar refractivity (Wildman–Crippen MR) is 139 cm³/mol. The van der Waals surface area contributed by atoms with E-state index in [4.69, 9.17) is 19.6 Å². The zero-order valence-corrected chi connectivity index (χ0v) is 24.0. The summed E-state index contributed by atoms with van der Waals surface area (Å²) in [6, 6.07) is 0. The summed E-state index contributed by atoms with van der Waals surface area (Å²) in [5.74, 6) is 0.390. The topological polar surface area (TPSA) is 71.1 Å². The largest absolute Gasteiger partial charge is 0.345 e. The lowest BCUT2D eigenvalue weighted by molar-refractivity contribution is -0.324. The third-order valence-corrected chi connectivity index (χ3v) is 6.72. The van der Waals surface area contributed by atoms with Gasteiger partial charge in [-0.3, -0.25) is 9.78 Å². The Balaban J connectivity index is 2.42. The molecule has 0 saturated heterocycles. The first-order chi connectivity index (χ1) is 16.3. The minimum Gasteiger partial charge on any atom is -0.298 e. The summed E-state index contributed by atoms with van der Waals surface area (Å²) in [5.41, 5.74) is -0.976. The summed E-state index contributed by atoms with van der Waals surface area (Å²) in [6.45, 7) is 15.4. The van der Waals surface area contributed by atoms with E-state index in [0.717, 1.165) is 51.4 Å². The molecule has 6 nitrogen and oxygen atoms in total. The van der Waals surface area contributed by atoms with Crippen molar-refractivity contribution in [3.05, 3.63) is 0 Å². The first-order valence-corrected chi connectivity index (χ1v) is 14.1. The maximum Gasteiger partial charge on any atom is 0.345 e. The molecule has 0 spiro atoms. The van der Waals surface area contributed by atoms with Crippen molar-refractivity contribution in [3.8, 4) is 0 Å². The van der Waals surface area contributed by atoms with Crippen molar-refractivity contribution in [2.75, 3.05) is 0 Å². The first-order valence-electron chi connectivity index (χ1n) is 14.1. The Kier molecular flexibility index (Phi) is 14.5. The van der Waals surface area contributed by atoms with Gasteiger partial charge < -0.3 is 0 Å². The summed E-state index contributed by atoms with van der Waals surface area (Å²) in [7, 11) is 0. The maximum atomic E-state index is 12.8. The molecule has 0 amide bonds. The lowest BCUT2D eigenvalue weighted by atomic mass is 9.70. The van der Waals surface area contributed by atoms with E-state index in [9.17, 15) is 9.59 Å². The molecule has 4 unspecified atom stereocenters. The zero-order chi connectivity index (χ0) is 26.5. The van der Waals surface area contributed by atoms with Crippen molar-refractivity contribution in [3.63, 3.8) is 0 Å². The highest BCUT2D eigenvalue weighted by atomic mass is 17.2. The highest BCUT2D eigenvalue weighted by Crippen LogP contribution is 2.40. The molecular formula is C29H54O6. The van der Waals surface area contributed by atoms with Crippen molar-refractivity contribution < 1.29 is 29.1 Å². The van der Waals surface area contributed by atoms with Crippen molar-refractivity contribution in [1.82, 2.24) is 0 Å². The number of carbonyl (C=O) groups is 2. The third-order valence-electron chi connectivity index (χ3n) is 6.72. The van der Waals surface area contributed by atoms with Crippen LogP contribution in [0.4, 0.5) is 0 Å².